The van der Waals surface area contributed by atoms with E-state index in [0.717, 1.165) is 11.5 Å². The van der Waals surface area contributed by atoms with E-state index in [9.17, 15) is 4.79 Å². The molecular formula is C17H17N5O. The predicted molar refractivity (Wildman–Crippen MR) is 88.2 cm³/mol. The van der Waals surface area contributed by atoms with Gasteiger partial charge >= 0.3 is 6.03 Å². The third kappa shape index (κ3) is 3.58. The van der Waals surface area contributed by atoms with Gasteiger partial charge in [-0.05, 0) is 24.3 Å². The Morgan fingerprint density at radius 3 is 2.57 bits per heavy atom. The highest BCUT2D eigenvalue weighted by Gasteiger charge is 2.22. The summed E-state index contributed by atoms with van der Waals surface area (Å²) in [4.78, 5) is 20.4. The molecule has 0 saturated carbocycles. The van der Waals surface area contributed by atoms with E-state index in [1.807, 2.05) is 30.3 Å². The number of carbonyl (C=O) groups is 1. The first kappa shape index (κ1) is 14.9. The van der Waals surface area contributed by atoms with E-state index in [0.29, 0.717) is 31.7 Å². The second-order valence-corrected chi connectivity index (χ2v) is 5.28. The number of carbonyl (C=O) groups excluding carboxylic acids is 1. The van der Waals surface area contributed by atoms with Gasteiger partial charge in [-0.25, -0.2) is 9.78 Å². The summed E-state index contributed by atoms with van der Waals surface area (Å²) in [6.07, 6.45) is 1.64. The smallest absolute Gasteiger partial charge is 0.321 e. The lowest BCUT2D eigenvalue weighted by Gasteiger charge is -2.35. The van der Waals surface area contributed by atoms with Gasteiger partial charge in [0.25, 0.3) is 0 Å². The minimum Gasteiger partial charge on any atom is -0.353 e. The summed E-state index contributed by atoms with van der Waals surface area (Å²) < 4.78 is 0. The zero-order valence-electron chi connectivity index (χ0n) is 12.6. The molecule has 1 fully saturated rings. The molecule has 0 atom stereocenters. The van der Waals surface area contributed by atoms with Crippen LogP contribution in [0.4, 0.5) is 16.3 Å². The fourth-order valence-corrected chi connectivity index (χ4v) is 2.52. The molecule has 1 aromatic carbocycles. The molecule has 1 N–H and O–H groups in total. The highest BCUT2D eigenvalue weighted by Crippen LogP contribution is 2.15. The molecule has 1 aliphatic rings. The Morgan fingerprint density at radius 1 is 1.13 bits per heavy atom. The van der Waals surface area contributed by atoms with Gasteiger partial charge in [0.1, 0.15) is 5.82 Å². The van der Waals surface area contributed by atoms with Gasteiger partial charge in [-0.3, -0.25) is 0 Å². The molecular weight excluding hydrogens is 290 g/mol. The largest absolute Gasteiger partial charge is 0.353 e. The molecule has 0 unspecified atom stereocenters. The number of hydrogen-bond acceptors (Lipinski definition) is 4. The van der Waals surface area contributed by atoms with E-state index in [1.54, 1.807) is 23.2 Å². The van der Waals surface area contributed by atoms with Crippen molar-refractivity contribution >= 4 is 17.5 Å². The van der Waals surface area contributed by atoms with Crippen molar-refractivity contribution in [2.24, 2.45) is 0 Å². The lowest BCUT2D eigenvalue weighted by molar-refractivity contribution is 0.208. The van der Waals surface area contributed by atoms with Gasteiger partial charge < -0.3 is 15.1 Å². The Morgan fingerprint density at radius 2 is 1.87 bits per heavy atom. The van der Waals surface area contributed by atoms with E-state index in [1.165, 1.54) is 0 Å². The van der Waals surface area contributed by atoms with Crippen LogP contribution >= 0.6 is 0 Å². The summed E-state index contributed by atoms with van der Waals surface area (Å²) >= 11 is 0. The summed E-state index contributed by atoms with van der Waals surface area (Å²) in [5.41, 5.74) is 1.39. The number of anilines is 2. The summed E-state index contributed by atoms with van der Waals surface area (Å²) in [5.74, 6) is 0.784. The van der Waals surface area contributed by atoms with E-state index in [2.05, 4.69) is 21.3 Å². The lowest BCUT2D eigenvalue weighted by Crippen LogP contribution is -2.50. The van der Waals surface area contributed by atoms with Crippen LogP contribution in [0.2, 0.25) is 0 Å². The molecule has 0 bridgehead atoms. The van der Waals surface area contributed by atoms with Crippen molar-refractivity contribution < 1.29 is 4.79 Å². The number of nitriles is 1. The van der Waals surface area contributed by atoms with E-state index in [4.69, 9.17) is 5.26 Å². The summed E-state index contributed by atoms with van der Waals surface area (Å²) in [6.45, 7) is 2.64. The number of urea groups is 1. The number of hydrogen-bond donors (Lipinski definition) is 1. The number of aromatic nitrogens is 1. The Hall–Kier alpha value is -3.07. The molecule has 6 nitrogen and oxygen atoms in total. The monoisotopic (exact) mass is 307 g/mol. The summed E-state index contributed by atoms with van der Waals surface area (Å²) in [7, 11) is 0. The first-order valence-corrected chi connectivity index (χ1v) is 7.48. The van der Waals surface area contributed by atoms with E-state index in [-0.39, 0.29) is 6.03 Å². The predicted octanol–water partition coefficient (Wildman–Crippen LogP) is 2.31. The average molecular weight is 307 g/mol. The molecule has 1 saturated heterocycles. The zero-order valence-corrected chi connectivity index (χ0v) is 12.6. The Balaban J connectivity index is 1.58. The molecule has 6 heteroatoms. The van der Waals surface area contributed by atoms with Crippen LogP contribution in [0.25, 0.3) is 0 Å². The van der Waals surface area contributed by atoms with Crippen LogP contribution in [0.15, 0.2) is 48.7 Å². The molecule has 116 valence electrons. The van der Waals surface area contributed by atoms with Crippen molar-refractivity contribution in [3.8, 4) is 6.07 Å². The van der Waals surface area contributed by atoms with Gasteiger partial charge in [-0.1, -0.05) is 18.2 Å². The zero-order chi connectivity index (χ0) is 16.1. The van der Waals surface area contributed by atoms with Crippen molar-refractivity contribution in [3.05, 3.63) is 54.2 Å². The molecule has 0 spiro atoms. The number of benzene rings is 1. The third-order valence-corrected chi connectivity index (χ3v) is 3.79. The molecule has 3 rings (SSSR count). The highest BCUT2D eigenvalue weighted by atomic mass is 16.2. The SMILES string of the molecule is N#Cc1ccnc(N2CCN(C(=O)Nc3ccccc3)CC2)c1. The fourth-order valence-electron chi connectivity index (χ4n) is 2.52. The van der Waals surface area contributed by atoms with Gasteiger partial charge in [-0.2, -0.15) is 5.26 Å². The number of nitrogens with one attached hydrogen (secondary N) is 1. The second kappa shape index (κ2) is 6.79. The molecule has 23 heavy (non-hydrogen) atoms. The minimum atomic E-state index is -0.0883. The van der Waals surface area contributed by atoms with Crippen LogP contribution in [0.1, 0.15) is 5.56 Å². The van der Waals surface area contributed by atoms with E-state index >= 15 is 0 Å². The van der Waals surface area contributed by atoms with Crippen molar-refractivity contribution in [2.45, 2.75) is 0 Å². The number of rotatable bonds is 2. The average Bonchev–Trinajstić information content (AvgIpc) is 2.63. The van der Waals surface area contributed by atoms with Crippen LogP contribution in [0.3, 0.4) is 0 Å². The fraction of sp³-hybridized carbons (Fsp3) is 0.235. The maximum absolute atomic E-state index is 12.2. The van der Waals surface area contributed by atoms with Crippen LogP contribution in [0, 0.1) is 11.3 Å². The van der Waals surface area contributed by atoms with Crippen molar-refractivity contribution in [1.29, 1.82) is 5.26 Å². The molecule has 2 heterocycles. The first-order valence-electron chi connectivity index (χ1n) is 7.48. The van der Waals surface area contributed by atoms with Gasteiger partial charge in [0.05, 0.1) is 11.6 Å². The van der Waals surface area contributed by atoms with Crippen LogP contribution in [-0.2, 0) is 0 Å². The molecule has 2 aromatic rings. The first-order chi connectivity index (χ1) is 11.3. The van der Waals surface area contributed by atoms with Crippen LogP contribution in [-0.4, -0.2) is 42.1 Å². The second-order valence-electron chi connectivity index (χ2n) is 5.28. The van der Waals surface area contributed by atoms with Gasteiger partial charge in [0.2, 0.25) is 0 Å². The maximum atomic E-state index is 12.2. The minimum absolute atomic E-state index is 0.0883. The van der Waals surface area contributed by atoms with Gasteiger partial charge in [0, 0.05) is 38.1 Å². The standard InChI is InChI=1S/C17H17N5O/c18-13-14-6-7-19-16(12-14)21-8-10-22(11-9-21)17(23)20-15-4-2-1-3-5-15/h1-7,12H,8-11H2,(H,20,23). The van der Waals surface area contributed by atoms with Gasteiger partial charge in [0.15, 0.2) is 0 Å². The summed E-state index contributed by atoms with van der Waals surface area (Å²) in [5, 5.41) is 11.9. The van der Waals surface area contributed by atoms with Crippen LogP contribution < -0.4 is 10.2 Å². The highest BCUT2D eigenvalue weighted by molar-refractivity contribution is 5.89. The third-order valence-electron chi connectivity index (χ3n) is 3.79. The number of amides is 2. The van der Waals surface area contributed by atoms with E-state index < -0.39 is 0 Å². The number of pyridine rings is 1. The topological polar surface area (TPSA) is 72.3 Å². The Labute approximate surface area is 135 Å². The number of piperazine rings is 1. The van der Waals surface area contributed by atoms with Crippen molar-refractivity contribution in [1.82, 2.24) is 9.88 Å². The number of para-hydroxylation sites is 1. The van der Waals surface area contributed by atoms with Crippen molar-refractivity contribution in [2.75, 3.05) is 36.4 Å². The lowest BCUT2D eigenvalue weighted by atomic mass is 10.2. The van der Waals surface area contributed by atoms with Crippen molar-refractivity contribution in [3.63, 3.8) is 0 Å². The van der Waals surface area contributed by atoms with Crippen LogP contribution in [0.5, 0.6) is 0 Å². The number of nitrogens with zero attached hydrogens (tertiary/aromatic N) is 4. The summed E-state index contributed by atoms with van der Waals surface area (Å²) in [6, 6.07) is 14.9. The Kier molecular flexibility index (Phi) is 4.39. The molecule has 2 amide bonds. The molecule has 0 aliphatic carbocycles. The van der Waals surface area contributed by atoms with Gasteiger partial charge in [-0.15, -0.1) is 0 Å². The Bertz CT molecular complexity index is 717. The molecule has 1 aromatic heterocycles. The quantitative estimate of drug-likeness (QED) is 0.924. The molecule has 1 aliphatic heterocycles. The normalized spacial score (nSPS) is 14.2. The molecule has 0 radical (unpaired) electrons. The maximum Gasteiger partial charge on any atom is 0.321 e.